The fraction of sp³-hybridized carbons (Fsp3) is 0.296. The number of aryl methyl sites for hydroxylation is 1. The largest absolute Gasteiger partial charge is 0.495 e. The van der Waals surface area contributed by atoms with E-state index in [9.17, 15) is 21.6 Å². The second kappa shape index (κ2) is 12.5. The van der Waals surface area contributed by atoms with Crippen LogP contribution in [0.25, 0.3) is 0 Å². The maximum absolute atomic E-state index is 13.8. The van der Waals surface area contributed by atoms with Crippen LogP contribution < -0.4 is 23.8 Å². The van der Waals surface area contributed by atoms with Crippen LogP contribution in [-0.4, -0.2) is 49.0 Å². The van der Waals surface area contributed by atoms with E-state index in [1.165, 1.54) is 37.4 Å². The van der Waals surface area contributed by atoms with Gasteiger partial charge in [0.15, 0.2) is 0 Å². The summed E-state index contributed by atoms with van der Waals surface area (Å²) in [7, 11) is -6.69. The zero-order valence-corrected chi connectivity index (χ0v) is 24.1. The highest BCUT2D eigenvalue weighted by molar-refractivity contribution is 7.93. The summed E-state index contributed by atoms with van der Waals surface area (Å²) in [5.74, 6) is -0.231. The zero-order chi connectivity index (χ0) is 28.8. The molecule has 0 heterocycles. The first kappa shape index (κ1) is 29.9. The predicted octanol–water partition coefficient (Wildman–Crippen LogP) is 3.92. The molecule has 210 valence electrons. The van der Waals surface area contributed by atoms with Crippen molar-refractivity contribution in [1.29, 1.82) is 0 Å². The second-order valence-corrected chi connectivity index (χ2v) is 12.5. The van der Waals surface area contributed by atoms with Gasteiger partial charge in [-0.25, -0.2) is 21.6 Å². The predicted molar refractivity (Wildman–Crippen MR) is 150 cm³/mol. The van der Waals surface area contributed by atoms with E-state index in [1.54, 1.807) is 57.2 Å². The minimum atomic E-state index is -4.20. The first-order valence-electron chi connectivity index (χ1n) is 12.2. The second-order valence-electron chi connectivity index (χ2n) is 8.91. The molecule has 0 radical (unpaired) electrons. The van der Waals surface area contributed by atoms with Crippen LogP contribution in [0.2, 0.25) is 0 Å². The third-order valence-electron chi connectivity index (χ3n) is 5.48. The molecule has 0 atom stereocenters. The van der Waals surface area contributed by atoms with Gasteiger partial charge in [-0.2, -0.15) is 0 Å². The molecule has 3 aromatic carbocycles. The van der Waals surface area contributed by atoms with Gasteiger partial charge in [0, 0.05) is 6.04 Å². The third kappa shape index (κ3) is 7.28. The van der Waals surface area contributed by atoms with E-state index < -0.39 is 32.5 Å². The van der Waals surface area contributed by atoms with Gasteiger partial charge in [-0.15, -0.1) is 0 Å². The van der Waals surface area contributed by atoms with Crippen LogP contribution in [0.1, 0.15) is 26.3 Å². The standard InChI is InChI=1S/C27H33N3O7S2/c1-6-37-26-10-8-7-9-24(26)30(39(34,35)21-13-11-20(4)12-14-21)18-27(31)28-23-17-22(15-16-25(23)36-5)38(32,33)29-19(2)3/h7-17,19,29H,6,18H2,1-5H3,(H,28,31). The van der Waals surface area contributed by atoms with Crippen molar-refractivity contribution < 1.29 is 31.1 Å². The number of hydrogen-bond donors (Lipinski definition) is 2. The molecule has 0 bridgehead atoms. The molecule has 3 aromatic rings. The summed E-state index contributed by atoms with van der Waals surface area (Å²) in [5, 5.41) is 2.61. The highest BCUT2D eigenvalue weighted by Gasteiger charge is 2.30. The molecule has 0 aromatic heterocycles. The SMILES string of the molecule is CCOc1ccccc1N(CC(=O)Nc1cc(S(=O)(=O)NC(C)C)ccc1OC)S(=O)(=O)c1ccc(C)cc1. The molecule has 12 heteroatoms. The van der Waals surface area contributed by atoms with Gasteiger partial charge in [0.05, 0.1) is 34.9 Å². The molecule has 0 aliphatic heterocycles. The minimum Gasteiger partial charge on any atom is -0.495 e. The Hall–Kier alpha value is -3.61. The number of methoxy groups -OCH3 is 1. The summed E-state index contributed by atoms with van der Waals surface area (Å²) in [4.78, 5) is 13.2. The lowest BCUT2D eigenvalue weighted by Gasteiger charge is -2.26. The molecule has 2 N–H and O–H groups in total. The number of rotatable bonds is 12. The normalized spacial score (nSPS) is 11.7. The first-order valence-corrected chi connectivity index (χ1v) is 15.1. The number of ether oxygens (including phenoxy) is 2. The van der Waals surface area contributed by atoms with Gasteiger partial charge in [0.25, 0.3) is 10.0 Å². The molecule has 0 aliphatic carbocycles. The summed E-state index contributed by atoms with van der Waals surface area (Å²) in [5.41, 5.74) is 1.13. The molecule has 1 amide bonds. The maximum atomic E-state index is 13.8. The molecule has 10 nitrogen and oxygen atoms in total. The number of nitrogens with one attached hydrogen (secondary N) is 2. The average Bonchev–Trinajstić information content (AvgIpc) is 2.87. The summed E-state index contributed by atoms with van der Waals surface area (Å²) in [6.45, 7) is 6.64. The Labute approximate surface area is 230 Å². The van der Waals surface area contributed by atoms with E-state index in [4.69, 9.17) is 9.47 Å². The zero-order valence-electron chi connectivity index (χ0n) is 22.5. The summed E-state index contributed by atoms with van der Waals surface area (Å²) in [6, 6.07) is 16.5. The Morgan fingerprint density at radius 1 is 0.923 bits per heavy atom. The summed E-state index contributed by atoms with van der Waals surface area (Å²) < 4.78 is 67.3. The molecular formula is C27H33N3O7S2. The van der Waals surface area contributed by atoms with Crippen molar-refractivity contribution in [2.75, 3.05) is 29.9 Å². The van der Waals surface area contributed by atoms with Crippen molar-refractivity contribution in [3.05, 3.63) is 72.3 Å². The Balaban J connectivity index is 2.02. The maximum Gasteiger partial charge on any atom is 0.264 e. The van der Waals surface area contributed by atoms with E-state index in [0.29, 0.717) is 0 Å². The lowest BCUT2D eigenvalue weighted by atomic mass is 10.2. The number of sulfonamides is 2. The van der Waals surface area contributed by atoms with Crippen molar-refractivity contribution >= 4 is 37.3 Å². The third-order valence-corrected chi connectivity index (χ3v) is 8.91. The molecule has 39 heavy (non-hydrogen) atoms. The summed E-state index contributed by atoms with van der Waals surface area (Å²) in [6.07, 6.45) is 0. The monoisotopic (exact) mass is 575 g/mol. The van der Waals surface area contributed by atoms with E-state index >= 15 is 0 Å². The van der Waals surface area contributed by atoms with Crippen molar-refractivity contribution in [3.63, 3.8) is 0 Å². The van der Waals surface area contributed by atoms with Crippen LogP contribution in [0.3, 0.4) is 0 Å². The quantitative estimate of drug-likeness (QED) is 0.335. The van der Waals surface area contributed by atoms with Gasteiger partial charge in [-0.1, -0.05) is 29.8 Å². The molecule has 0 fully saturated rings. The molecule has 0 spiro atoms. The van der Waals surface area contributed by atoms with Crippen LogP contribution in [0.4, 0.5) is 11.4 Å². The highest BCUT2D eigenvalue weighted by Crippen LogP contribution is 2.33. The van der Waals surface area contributed by atoms with Crippen LogP contribution in [0, 0.1) is 6.92 Å². The van der Waals surface area contributed by atoms with Crippen molar-refractivity contribution in [2.24, 2.45) is 0 Å². The summed E-state index contributed by atoms with van der Waals surface area (Å²) >= 11 is 0. The fourth-order valence-corrected chi connectivity index (χ4v) is 6.44. The van der Waals surface area contributed by atoms with Gasteiger partial charge in [-0.3, -0.25) is 9.10 Å². The van der Waals surface area contributed by atoms with Crippen LogP contribution in [0.5, 0.6) is 11.5 Å². The Morgan fingerprint density at radius 3 is 2.18 bits per heavy atom. The van der Waals surface area contributed by atoms with Gasteiger partial charge in [-0.05, 0) is 70.2 Å². The number of benzene rings is 3. The van der Waals surface area contributed by atoms with E-state index in [1.807, 2.05) is 6.92 Å². The number of para-hydroxylation sites is 2. The van der Waals surface area contributed by atoms with E-state index in [-0.39, 0.29) is 45.3 Å². The molecule has 0 aliphatic rings. The smallest absolute Gasteiger partial charge is 0.264 e. The van der Waals surface area contributed by atoms with Crippen molar-refractivity contribution in [1.82, 2.24) is 4.72 Å². The van der Waals surface area contributed by atoms with Crippen molar-refractivity contribution in [3.8, 4) is 11.5 Å². The molecule has 3 rings (SSSR count). The van der Waals surface area contributed by atoms with E-state index in [0.717, 1.165) is 9.87 Å². The number of carbonyl (C=O) groups is 1. The Bertz CT molecular complexity index is 1520. The number of carbonyl (C=O) groups excluding carboxylic acids is 1. The van der Waals surface area contributed by atoms with Crippen LogP contribution in [0.15, 0.2) is 76.5 Å². The minimum absolute atomic E-state index is 0.00219. The van der Waals surface area contributed by atoms with Gasteiger partial charge >= 0.3 is 0 Å². The lowest BCUT2D eigenvalue weighted by molar-refractivity contribution is -0.114. The Kier molecular flexibility index (Phi) is 9.59. The first-order chi connectivity index (χ1) is 18.4. The van der Waals surface area contributed by atoms with Gasteiger partial charge in [0.1, 0.15) is 18.0 Å². The molecule has 0 saturated carbocycles. The van der Waals surface area contributed by atoms with Gasteiger partial charge < -0.3 is 14.8 Å². The average molecular weight is 576 g/mol. The number of anilines is 2. The highest BCUT2D eigenvalue weighted by atomic mass is 32.2. The van der Waals surface area contributed by atoms with Crippen molar-refractivity contribution in [2.45, 2.75) is 43.5 Å². The lowest BCUT2D eigenvalue weighted by Crippen LogP contribution is -2.38. The fourth-order valence-electron chi connectivity index (χ4n) is 3.73. The van der Waals surface area contributed by atoms with E-state index in [2.05, 4.69) is 10.0 Å². The number of hydrogen-bond acceptors (Lipinski definition) is 7. The van der Waals surface area contributed by atoms with Crippen LogP contribution in [-0.2, 0) is 24.8 Å². The Morgan fingerprint density at radius 2 is 1.56 bits per heavy atom. The topological polar surface area (TPSA) is 131 Å². The number of nitrogens with zero attached hydrogens (tertiary/aromatic N) is 1. The molecule has 0 saturated heterocycles. The van der Waals surface area contributed by atoms with Gasteiger partial charge in [0.2, 0.25) is 15.9 Å². The molecular weight excluding hydrogens is 542 g/mol. The molecule has 0 unspecified atom stereocenters. The van der Waals surface area contributed by atoms with Crippen LogP contribution >= 0.6 is 0 Å². The number of amides is 1.